The average Bonchev–Trinajstić information content (AvgIpc) is 3.05. The number of benzene rings is 3. The van der Waals surface area contributed by atoms with Crippen molar-refractivity contribution >= 4 is 11.9 Å². The standard InChI is InChI=1S/C38H45F5O5/c1-3-5-7-9-10-11-12-14-24-46-34-23-20-29(25-33(34)40)27-16-18-28(19-17-27)36(44)47-30-21-22-31(32(39)26-30)37(45)48-35(38(41,42)43)15-13-8-6-4-2/h16-23,25-26,35H,3-15,24H2,1-2H3. The normalized spacial score (nSPS) is 12.1. The zero-order valence-corrected chi connectivity index (χ0v) is 27.7. The molecule has 1 atom stereocenters. The number of hydrogen-bond acceptors (Lipinski definition) is 5. The van der Waals surface area contributed by atoms with Gasteiger partial charge in [-0.25, -0.2) is 18.4 Å². The van der Waals surface area contributed by atoms with Crippen LogP contribution in [0.25, 0.3) is 11.1 Å². The first-order valence-corrected chi connectivity index (χ1v) is 16.9. The Morgan fingerprint density at radius 1 is 0.667 bits per heavy atom. The molecular formula is C38H45F5O5. The van der Waals surface area contributed by atoms with Crippen LogP contribution < -0.4 is 9.47 Å². The van der Waals surface area contributed by atoms with Crippen molar-refractivity contribution < 1.29 is 45.8 Å². The smallest absolute Gasteiger partial charge is 0.425 e. The molecule has 3 aromatic rings. The summed E-state index contributed by atoms with van der Waals surface area (Å²) < 4.78 is 85.0. The Labute approximate surface area is 279 Å². The predicted molar refractivity (Wildman–Crippen MR) is 175 cm³/mol. The largest absolute Gasteiger partial charge is 0.491 e. The topological polar surface area (TPSA) is 61.8 Å². The Morgan fingerprint density at radius 2 is 1.27 bits per heavy atom. The third-order valence-electron chi connectivity index (χ3n) is 7.95. The summed E-state index contributed by atoms with van der Waals surface area (Å²) in [5.41, 5.74) is 0.616. The van der Waals surface area contributed by atoms with Crippen molar-refractivity contribution in [3.63, 3.8) is 0 Å². The molecule has 5 nitrogen and oxygen atoms in total. The van der Waals surface area contributed by atoms with Gasteiger partial charge in [0.05, 0.1) is 17.7 Å². The first kappa shape index (κ1) is 38.5. The molecule has 0 spiro atoms. The molecule has 3 aromatic carbocycles. The Hall–Kier alpha value is -3.95. The maximum absolute atomic E-state index is 14.7. The van der Waals surface area contributed by atoms with Gasteiger partial charge in [-0.15, -0.1) is 0 Å². The number of ether oxygens (including phenoxy) is 3. The fourth-order valence-electron chi connectivity index (χ4n) is 5.14. The summed E-state index contributed by atoms with van der Waals surface area (Å²) in [5, 5.41) is 0. The Balaban J connectivity index is 1.52. The summed E-state index contributed by atoms with van der Waals surface area (Å²) in [4.78, 5) is 25.1. The fourth-order valence-corrected chi connectivity index (χ4v) is 5.14. The molecule has 0 aliphatic heterocycles. The number of alkyl halides is 3. The first-order chi connectivity index (χ1) is 23.0. The van der Waals surface area contributed by atoms with E-state index in [2.05, 4.69) is 11.7 Å². The molecule has 10 heteroatoms. The molecule has 262 valence electrons. The highest BCUT2D eigenvalue weighted by molar-refractivity contribution is 5.92. The summed E-state index contributed by atoms with van der Waals surface area (Å²) in [6.45, 7) is 4.55. The van der Waals surface area contributed by atoms with Crippen molar-refractivity contribution in [2.24, 2.45) is 0 Å². The van der Waals surface area contributed by atoms with Crippen LogP contribution in [0.5, 0.6) is 11.5 Å². The van der Waals surface area contributed by atoms with Crippen LogP contribution in [0.15, 0.2) is 60.7 Å². The van der Waals surface area contributed by atoms with Gasteiger partial charge >= 0.3 is 18.1 Å². The minimum absolute atomic E-state index is 0.115. The highest BCUT2D eigenvalue weighted by Crippen LogP contribution is 2.30. The third kappa shape index (κ3) is 12.6. The van der Waals surface area contributed by atoms with Gasteiger partial charge in [0, 0.05) is 6.07 Å². The number of hydrogen-bond donors (Lipinski definition) is 0. The molecule has 3 rings (SSSR count). The van der Waals surface area contributed by atoms with E-state index in [1.807, 2.05) is 6.92 Å². The summed E-state index contributed by atoms with van der Waals surface area (Å²) >= 11 is 0. The number of unbranched alkanes of at least 4 members (excludes halogenated alkanes) is 10. The third-order valence-corrected chi connectivity index (χ3v) is 7.95. The van der Waals surface area contributed by atoms with Crippen molar-refractivity contribution in [1.29, 1.82) is 0 Å². The lowest BCUT2D eigenvalue weighted by Crippen LogP contribution is -2.34. The van der Waals surface area contributed by atoms with E-state index in [1.54, 1.807) is 24.3 Å². The molecule has 0 radical (unpaired) electrons. The number of halogens is 5. The predicted octanol–water partition coefficient (Wildman–Crippen LogP) is 11.4. The molecule has 0 aliphatic rings. The van der Waals surface area contributed by atoms with E-state index in [1.165, 1.54) is 50.3 Å². The van der Waals surface area contributed by atoms with Gasteiger partial charge in [0.15, 0.2) is 17.7 Å². The van der Waals surface area contributed by atoms with Crippen LogP contribution in [0.1, 0.15) is 118 Å². The molecule has 0 saturated carbocycles. The molecule has 0 saturated heterocycles. The van der Waals surface area contributed by atoms with E-state index < -0.39 is 47.8 Å². The monoisotopic (exact) mass is 676 g/mol. The molecule has 0 aliphatic carbocycles. The Bertz CT molecular complexity index is 1440. The van der Waals surface area contributed by atoms with Crippen molar-refractivity contribution in [3.05, 3.63) is 83.4 Å². The minimum Gasteiger partial charge on any atom is -0.491 e. The van der Waals surface area contributed by atoms with Gasteiger partial charge < -0.3 is 14.2 Å². The lowest BCUT2D eigenvalue weighted by molar-refractivity contribution is -0.206. The number of carbonyl (C=O) groups is 2. The van der Waals surface area contributed by atoms with Crippen LogP contribution in [0.4, 0.5) is 22.0 Å². The van der Waals surface area contributed by atoms with Crippen LogP contribution in [-0.2, 0) is 4.74 Å². The molecule has 48 heavy (non-hydrogen) atoms. The van der Waals surface area contributed by atoms with Crippen molar-refractivity contribution in [2.75, 3.05) is 6.61 Å². The Kier molecular flexibility index (Phi) is 15.9. The molecule has 0 heterocycles. The van der Waals surface area contributed by atoms with Gasteiger partial charge in [-0.2, -0.15) is 13.2 Å². The van der Waals surface area contributed by atoms with Crippen molar-refractivity contribution in [3.8, 4) is 22.6 Å². The maximum atomic E-state index is 14.7. The maximum Gasteiger partial charge on any atom is 0.425 e. The first-order valence-electron chi connectivity index (χ1n) is 16.9. The highest BCUT2D eigenvalue weighted by atomic mass is 19.4. The van der Waals surface area contributed by atoms with Gasteiger partial charge in [0.1, 0.15) is 11.6 Å². The number of rotatable bonds is 20. The molecule has 1 unspecified atom stereocenters. The van der Waals surface area contributed by atoms with E-state index >= 15 is 0 Å². The van der Waals surface area contributed by atoms with Crippen molar-refractivity contribution in [1.82, 2.24) is 0 Å². The van der Waals surface area contributed by atoms with E-state index in [0.29, 0.717) is 24.2 Å². The zero-order valence-electron chi connectivity index (χ0n) is 27.7. The molecular weight excluding hydrogens is 631 g/mol. The van der Waals surface area contributed by atoms with E-state index in [0.717, 1.165) is 50.3 Å². The second-order valence-electron chi connectivity index (χ2n) is 11.9. The quantitative estimate of drug-likeness (QED) is 0.0516. The van der Waals surface area contributed by atoms with E-state index in [-0.39, 0.29) is 23.5 Å². The van der Waals surface area contributed by atoms with Gasteiger partial charge in [0.25, 0.3) is 0 Å². The van der Waals surface area contributed by atoms with E-state index in [4.69, 9.17) is 9.47 Å². The van der Waals surface area contributed by atoms with Crippen LogP contribution in [0.3, 0.4) is 0 Å². The van der Waals surface area contributed by atoms with Crippen LogP contribution in [-0.4, -0.2) is 30.8 Å². The molecule has 0 aromatic heterocycles. The highest BCUT2D eigenvalue weighted by Gasteiger charge is 2.42. The SMILES string of the molecule is CCCCCCCCCCOc1ccc(-c2ccc(C(=O)Oc3ccc(C(=O)OC(CCCCCC)C(F)(F)F)c(F)c3)cc2)cc1F. The van der Waals surface area contributed by atoms with Gasteiger partial charge in [-0.3, -0.25) is 0 Å². The summed E-state index contributed by atoms with van der Waals surface area (Å²) in [5.74, 6) is -4.06. The zero-order chi connectivity index (χ0) is 34.9. The molecule has 0 bridgehead atoms. The molecule has 0 amide bonds. The van der Waals surface area contributed by atoms with Gasteiger partial charge in [-0.1, -0.05) is 96.3 Å². The second-order valence-corrected chi connectivity index (χ2v) is 11.9. The number of carbonyl (C=O) groups excluding carboxylic acids is 2. The van der Waals surface area contributed by atoms with Crippen LogP contribution in [0.2, 0.25) is 0 Å². The van der Waals surface area contributed by atoms with Crippen LogP contribution >= 0.6 is 0 Å². The lowest BCUT2D eigenvalue weighted by atomic mass is 10.0. The van der Waals surface area contributed by atoms with Crippen LogP contribution in [0, 0.1) is 11.6 Å². The summed E-state index contributed by atoms with van der Waals surface area (Å²) in [6, 6.07) is 13.5. The number of esters is 2. The van der Waals surface area contributed by atoms with Gasteiger partial charge in [0.2, 0.25) is 0 Å². The average molecular weight is 677 g/mol. The van der Waals surface area contributed by atoms with E-state index in [9.17, 15) is 31.5 Å². The molecule has 0 fully saturated rings. The summed E-state index contributed by atoms with van der Waals surface area (Å²) in [6.07, 6.45) is 4.06. The van der Waals surface area contributed by atoms with Crippen molar-refractivity contribution in [2.45, 2.75) is 110 Å². The lowest BCUT2D eigenvalue weighted by Gasteiger charge is -2.21. The fraction of sp³-hybridized carbons (Fsp3) is 0.474. The minimum atomic E-state index is -4.79. The Morgan fingerprint density at radius 3 is 1.88 bits per heavy atom. The molecule has 0 N–H and O–H groups in total. The van der Waals surface area contributed by atoms with Gasteiger partial charge in [-0.05, 0) is 66.8 Å². The second kappa shape index (κ2) is 19.8. The summed E-state index contributed by atoms with van der Waals surface area (Å²) in [7, 11) is 0.